The second kappa shape index (κ2) is 14.3. The number of esters is 1. The highest BCUT2D eigenvalue weighted by atomic mass is 16.6. The van der Waals surface area contributed by atoms with Crippen molar-refractivity contribution in [1.29, 1.82) is 0 Å². The first kappa shape index (κ1) is 33.3. The molecular weight excluding hydrogens is 546 g/mol. The van der Waals surface area contributed by atoms with Gasteiger partial charge in [0.2, 0.25) is 23.6 Å². The van der Waals surface area contributed by atoms with Crippen molar-refractivity contribution in [3.63, 3.8) is 0 Å². The summed E-state index contributed by atoms with van der Waals surface area (Å²) < 4.78 is 10.8. The summed E-state index contributed by atoms with van der Waals surface area (Å²) in [6.07, 6.45) is 0.190. The van der Waals surface area contributed by atoms with Crippen molar-refractivity contribution in [3.8, 4) is 0 Å². The van der Waals surface area contributed by atoms with E-state index in [1.807, 2.05) is 27.7 Å². The number of rotatable bonds is 5. The van der Waals surface area contributed by atoms with Crippen LogP contribution in [0.5, 0.6) is 0 Å². The summed E-state index contributed by atoms with van der Waals surface area (Å²) in [5.41, 5.74) is 0. The maximum atomic E-state index is 13.9. The average Bonchev–Trinajstić information content (AvgIpc) is 3.63. The maximum Gasteiger partial charge on any atom is 0.308 e. The van der Waals surface area contributed by atoms with Crippen LogP contribution in [0.15, 0.2) is 0 Å². The van der Waals surface area contributed by atoms with Crippen molar-refractivity contribution in [1.82, 2.24) is 25.3 Å². The zero-order valence-electron chi connectivity index (χ0n) is 25.9. The number of cyclic esters (lactones) is 1. The zero-order chi connectivity index (χ0) is 31.3. The minimum atomic E-state index is -1.14. The molecule has 3 rings (SSSR count). The van der Waals surface area contributed by atoms with Crippen molar-refractivity contribution in [3.05, 3.63) is 0 Å². The van der Waals surface area contributed by atoms with Gasteiger partial charge in [-0.1, -0.05) is 34.1 Å². The lowest BCUT2D eigenvalue weighted by Gasteiger charge is -2.38. The van der Waals surface area contributed by atoms with E-state index >= 15 is 0 Å². The van der Waals surface area contributed by atoms with Crippen LogP contribution in [0.25, 0.3) is 0 Å². The lowest BCUT2D eigenvalue weighted by atomic mass is 9.94. The predicted molar refractivity (Wildman–Crippen MR) is 152 cm³/mol. The molecule has 0 aromatic carbocycles. The lowest BCUT2D eigenvalue weighted by Crippen LogP contribution is -2.60. The molecule has 3 saturated heterocycles. The van der Waals surface area contributed by atoms with E-state index in [1.165, 1.54) is 28.8 Å². The normalized spacial score (nSPS) is 31.6. The third-order valence-electron chi connectivity index (χ3n) is 8.63. The van der Waals surface area contributed by atoms with Crippen LogP contribution in [0.4, 0.5) is 0 Å². The molecule has 0 unspecified atom stereocenters. The lowest BCUT2D eigenvalue weighted by molar-refractivity contribution is -0.162. The number of fused-ring (bicyclic) bond motifs is 1. The first-order chi connectivity index (χ1) is 19.8. The number of hydrogen-bond donors (Lipinski definition) is 2. The second-order valence-corrected chi connectivity index (χ2v) is 12.0. The minimum Gasteiger partial charge on any atom is -0.452 e. The highest BCUT2D eigenvalue weighted by Crippen LogP contribution is 2.25. The molecular formula is C29H47N5O8. The molecule has 2 N–H and O–H groups in total. The van der Waals surface area contributed by atoms with Crippen molar-refractivity contribution in [2.45, 2.75) is 103 Å². The van der Waals surface area contributed by atoms with E-state index in [0.29, 0.717) is 32.4 Å². The number of carbonyl (C=O) groups is 6. The van der Waals surface area contributed by atoms with Crippen LogP contribution in [0.1, 0.15) is 66.7 Å². The fraction of sp³-hybridized carbons (Fsp3) is 0.793. The molecule has 3 aliphatic heterocycles. The highest BCUT2D eigenvalue weighted by Gasteiger charge is 2.44. The second-order valence-electron chi connectivity index (χ2n) is 12.0. The third kappa shape index (κ3) is 7.78. The molecule has 236 valence electrons. The Morgan fingerprint density at radius 2 is 1.62 bits per heavy atom. The Morgan fingerprint density at radius 3 is 2.21 bits per heavy atom. The highest BCUT2D eigenvalue weighted by molar-refractivity contribution is 5.96. The third-order valence-corrected chi connectivity index (χ3v) is 8.63. The summed E-state index contributed by atoms with van der Waals surface area (Å²) >= 11 is 0. The SMILES string of the molecule is CC[C@H](C)[C@@H]1NC(=O)[C@H]2CCCN2C(=O)[C@@H](C[C@@H]2CO2)OC(=O)CCNC(=O)[C@@H](C)N(C)C(=O)[C@@H](C(C)C)N(C)C1=O. The van der Waals surface area contributed by atoms with Gasteiger partial charge in [-0.15, -0.1) is 0 Å². The van der Waals surface area contributed by atoms with Crippen molar-refractivity contribution in [2.24, 2.45) is 11.8 Å². The number of amides is 5. The molecule has 5 amide bonds. The van der Waals surface area contributed by atoms with Crippen LogP contribution < -0.4 is 10.6 Å². The Balaban J connectivity index is 1.98. The minimum absolute atomic E-state index is 0.0534. The van der Waals surface area contributed by atoms with Crippen LogP contribution in [0, 0.1) is 11.8 Å². The molecule has 0 aliphatic carbocycles. The topological polar surface area (TPSA) is 158 Å². The summed E-state index contributed by atoms with van der Waals surface area (Å²) in [6, 6.07) is -3.56. The molecule has 0 radical (unpaired) electrons. The first-order valence-electron chi connectivity index (χ1n) is 15.0. The molecule has 13 nitrogen and oxygen atoms in total. The van der Waals surface area contributed by atoms with E-state index in [2.05, 4.69) is 10.6 Å². The van der Waals surface area contributed by atoms with Gasteiger partial charge >= 0.3 is 5.97 Å². The van der Waals surface area contributed by atoms with Gasteiger partial charge in [-0.25, -0.2) is 0 Å². The quantitative estimate of drug-likeness (QED) is 0.335. The molecule has 0 aromatic rings. The van der Waals surface area contributed by atoms with Crippen LogP contribution in [-0.4, -0.2) is 120 Å². The molecule has 0 bridgehead atoms. The van der Waals surface area contributed by atoms with E-state index in [1.54, 1.807) is 6.92 Å². The van der Waals surface area contributed by atoms with Crippen molar-refractivity contribution in [2.75, 3.05) is 33.8 Å². The standard InChI is InChI=1S/C29H47N5O8/c1-8-17(4)23-28(39)33(7)24(16(2)3)29(40)32(6)18(5)25(36)30-12-11-22(35)42-21(14-19-15-41-19)27(38)34-13-9-10-20(34)26(37)31-23/h16-21,23-24H,8-15H2,1-7H3,(H,30,36)(H,31,37)/t17-,18+,19+,20+,21+,23-,24+/m0/s1. The number of epoxide rings is 1. The Morgan fingerprint density at radius 1 is 0.952 bits per heavy atom. The van der Waals surface area contributed by atoms with Gasteiger partial charge in [0.1, 0.15) is 24.2 Å². The number of hydrogen-bond acceptors (Lipinski definition) is 8. The molecule has 3 heterocycles. The molecule has 0 saturated carbocycles. The Bertz CT molecular complexity index is 1050. The number of nitrogens with zero attached hydrogens (tertiary/aromatic N) is 3. The molecule has 3 fully saturated rings. The molecule has 0 spiro atoms. The Labute approximate surface area is 248 Å². The van der Waals surface area contributed by atoms with Gasteiger partial charge in [0, 0.05) is 33.6 Å². The van der Waals surface area contributed by atoms with E-state index in [4.69, 9.17) is 9.47 Å². The van der Waals surface area contributed by atoms with E-state index in [9.17, 15) is 28.8 Å². The van der Waals surface area contributed by atoms with Gasteiger partial charge in [-0.3, -0.25) is 28.8 Å². The number of ether oxygens (including phenoxy) is 2. The number of nitrogens with one attached hydrogen (secondary N) is 2. The smallest absolute Gasteiger partial charge is 0.308 e. The Hall–Kier alpha value is -3.22. The summed E-state index contributed by atoms with van der Waals surface area (Å²) in [6.45, 7) is 9.65. The van der Waals surface area contributed by atoms with Gasteiger partial charge < -0.3 is 34.8 Å². The van der Waals surface area contributed by atoms with Crippen LogP contribution >= 0.6 is 0 Å². The van der Waals surface area contributed by atoms with E-state index in [0.717, 1.165) is 0 Å². The van der Waals surface area contributed by atoms with Crippen LogP contribution in [0.3, 0.4) is 0 Å². The fourth-order valence-corrected chi connectivity index (χ4v) is 5.55. The number of likely N-dealkylation sites (N-methyl/N-ethyl adjacent to an activating group) is 2. The van der Waals surface area contributed by atoms with Crippen LogP contribution in [-0.2, 0) is 38.2 Å². The monoisotopic (exact) mass is 593 g/mol. The number of carbonyl (C=O) groups excluding carboxylic acids is 6. The zero-order valence-corrected chi connectivity index (χ0v) is 25.9. The van der Waals surface area contributed by atoms with Gasteiger partial charge in [-0.05, 0) is 31.6 Å². The van der Waals surface area contributed by atoms with Gasteiger partial charge in [0.25, 0.3) is 5.91 Å². The Kier molecular flexibility index (Phi) is 11.3. The molecule has 13 heteroatoms. The van der Waals surface area contributed by atoms with Crippen molar-refractivity contribution < 1.29 is 38.2 Å². The van der Waals surface area contributed by atoms with E-state index in [-0.39, 0.29) is 37.3 Å². The molecule has 3 aliphatic rings. The van der Waals surface area contributed by atoms with Gasteiger partial charge in [0.05, 0.1) is 19.1 Å². The van der Waals surface area contributed by atoms with Gasteiger partial charge in [0.15, 0.2) is 6.10 Å². The molecule has 42 heavy (non-hydrogen) atoms. The molecule has 7 atom stereocenters. The van der Waals surface area contributed by atoms with Gasteiger partial charge in [-0.2, -0.15) is 0 Å². The molecule has 0 aromatic heterocycles. The first-order valence-corrected chi connectivity index (χ1v) is 15.0. The van der Waals surface area contributed by atoms with E-state index < -0.39 is 65.8 Å². The summed E-state index contributed by atoms with van der Waals surface area (Å²) in [7, 11) is 3.03. The summed E-state index contributed by atoms with van der Waals surface area (Å²) in [5.74, 6) is -3.51. The largest absolute Gasteiger partial charge is 0.452 e. The maximum absolute atomic E-state index is 13.9. The summed E-state index contributed by atoms with van der Waals surface area (Å²) in [4.78, 5) is 84.5. The average molecular weight is 594 g/mol. The van der Waals surface area contributed by atoms with Crippen molar-refractivity contribution >= 4 is 35.5 Å². The fourth-order valence-electron chi connectivity index (χ4n) is 5.55. The van der Waals surface area contributed by atoms with Crippen LogP contribution in [0.2, 0.25) is 0 Å². The summed E-state index contributed by atoms with van der Waals surface area (Å²) in [5, 5.41) is 5.54. The predicted octanol–water partition coefficient (Wildman–Crippen LogP) is 0.0588.